The van der Waals surface area contributed by atoms with E-state index in [1.165, 1.54) is 12.2 Å². The molecule has 11 heteroatoms. The molecule has 2 aliphatic carbocycles. The Kier molecular flexibility index (Phi) is 7.38. The smallest absolute Gasteiger partial charge is 0.416 e. The highest BCUT2D eigenvalue weighted by Gasteiger charge is 2.33. The van der Waals surface area contributed by atoms with Gasteiger partial charge in [-0.15, -0.1) is 0 Å². The Morgan fingerprint density at radius 3 is 2.27 bits per heavy atom. The van der Waals surface area contributed by atoms with Crippen molar-refractivity contribution < 1.29 is 40.3 Å². The first-order chi connectivity index (χ1) is 15.4. The van der Waals surface area contributed by atoms with Crippen LogP contribution in [0, 0.1) is 5.82 Å². The second-order valence-corrected chi connectivity index (χ2v) is 7.78. The first-order valence-electron chi connectivity index (χ1n) is 10.2. The lowest BCUT2D eigenvalue weighted by Crippen LogP contribution is -2.41. The van der Waals surface area contributed by atoms with Gasteiger partial charge in [-0.1, -0.05) is 12.2 Å². The van der Waals surface area contributed by atoms with E-state index < -0.39 is 35.3 Å². The van der Waals surface area contributed by atoms with Crippen molar-refractivity contribution in [3.8, 4) is 0 Å². The Balaban J connectivity index is 1.49. The van der Waals surface area contributed by atoms with Crippen LogP contribution < -0.4 is 10.6 Å². The number of amides is 2. The van der Waals surface area contributed by atoms with Crippen LogP contribution in [-0.2, 0) is 10.9 Å². The number of carbonyl (C=O) groups excluding carboxylic acids is 1. The van der Waals surface area contributed by atoms with Gasteiger partial charge in [0, 0.05) is 18.2 Å². The number of urea groups is 1. The van der Waals surface area contributed by atoms with E-state index in [4.69, 9.17) is 4.74 Å². The van der Waals surface area contributed by atoms with Crippen LogP contribution in [0.5, 0.6) is 0 Å². The summed E-state index contributed by atoms with van der Waals surface area (Å²) in [6, 6.07) is 0.720. The second-order valence-electron chi connectivity index (χ2n) is 7.78. The zero-order valence-corrected chi connectivity index (χ0v) is 17.2. The van der Waals surface area contributed by atoms with Crippen LogP contribution in [0.4, 0.5) is 41.2 Å². The normalized spacial score (nSPS) is 21.5. The quantitative estimate of drug-likeness (QED) is 0.478. The van der Waals surface area contributed by atoms with E-state index >= 15 is 0 Å². The molecule has 0 atom stereocenters. The zero-order chi connectivity index (χ0) is 24.2. The summed E-state index contributed by atoms with van der Waals surface area (Å²) in [5.41, 5.74) is -2.30. The highest BCUT2D eigenvalue weighted by Crippen LogP contribution is 2.32. The van der Waals surface area contributed by atoms with Crippen LogP contribution in [0.2, 0.25) is 0 Å². The zero-order valence-electron chi connectivity index (χ0n) is 17.2. The number of hydrogen-bond acceptors (Lipinski definition) is 2. The molecule has 2 N–H and O–H groups in total. The minimum atomic E-state index is -4.75. The van der Waals surface area contributed by atoms with Crippen molar-refractivity contribution in [3.63, 3.8) is 0 Å². The summed E-state index contributed by atoms with van der Waals surface area (Å²) in [6.07, 6.45) is -2.49. The Morgan fingerprint density at radius 2 is 1.64 bits per heavy atom. The number of allylic oxidation sites excluding steroid dienone is 5. The molecule has 2 aliphatic rings. The average Bonchev–Trinajstić information content (AvgIpc) is 2.94. The maximum absolute atomic E-state index is 13.5. The number of nitrogens with one attached hydrogen (secondary N) is 2. The molecule has 0 aliphatic heterocycles. The maximum atomic E-state index is 13.5. The molecule has 0 radical (unpaired) electrons. The molecule has 1 aromatic carbocycles. The Hall–Kier alpha value is -2.98. The van der Waals surface area contributed by atoms with E-state index in [-0.39, 0.29) is 24.3 Å². The van der Waals surface area contributed by atoms with Crippen molar-refractivity contribution in [2.75, 3.05) is 5.32 Å². The molecule has 1 aromatic rings. The second kappa shape index (κ2) is 9.88. The predicted molar refractivity (Wildman–Crippen MR) is 107 cm³/mol. The molecule has 0 spiro atoms. The van der Waals surface area contributed by atoms with Crippen molar-refractivity contribution in [1.29, 1.82) is 0 Å². The molecule has 0 heterocycles. The predicted octanol–water partition coefficient (Wildman–Crippen LogP) is 6.63. The number of anilines is 1. The molecule has 0 saturated heterocycles. The van der Waals surface area contributed by atoms with Gasteiger partial charge >= 0.3 is 18.4 Å². The lowest BCUT2D eigenvalue weighted by Gasteiger charge is -2.30. The first kappa shape index (κ1) is 24.7. The van der Waals surface area contributed by atoms with Gasteiger partial charge in [0.25, 0.3) is 0 Å². The van der Waals surface area contributed by atoms with Crippen LogP contribution in [0.1, 0.15) is 37.7 Å². The summed E-state index contributed by atoms with van der Waals surface area (Å²) in [5, 5.41) is 4.84. The van der Waals surface area contributed by atoms with Crippen molar-refractivity contribution in [2.45, 2.75) is 56.6 Å². The molecule has 0 aromatic heterocycles. The number of alkyl halides is 6. The average molecular weight is 478 g/mol. The van der Waals surface area contributed by atoms with Crippen molar-refractivity contribution in [3.05, 3.63) is 65.2 Å². The topological polar surface area (TPSA) is 50.4 Å². The van der Waals surface area contributed by atoms with Gasteiger partial charge in [-0.2, -0.15) is 26.3 Å². The van der Waals surface area contributed by atoms with E-state index in [9.17, 15) is 35.5 Å². The van der Waals surface area contributed by atoms with Crippen molar-refractivity contribution in [1.82, 2.24) is 5.32 Å². The van der Waals surface area contributed by atoms with Gasteiger partial charge in [0.05, 0.1) is 17.2 Å². The van der Waals surface area contributed by atoms with Gasteiger partial charge in [-0.05, 0) is 56.0 Å². The highest BCUT2D eigenvalue weighted by atomic mass is 19.4. The number of hydrogen-bond donors (Lipinski definition) is 2. The van der Waals surface area contributed by atoms with Gasteiger partial charge in [0.2, 0.25) is 0 Å². The SMILES string of the molecule is O=C(Nc1cc(F)cc(C(F)(F)F)c1)NC1CCC(OC2=CC=C(C(F)(F)F)C=CC2)CC1. The molecule has 0 bridgehead atoms. The summed E-state index contributed by atoms with van der Waals surface area (Å²) >= 11 is 0. The summed E-state index contributed by atoms with van der Waals surface area (Å²) in [4.78, 5) is 12.1. The monoisotopic (exact) mass is 478 g/mol. The number of rotatable bonds is 4. The fourth-order valence-corrected chi connectivity index (χ4v) is 3.60. The Morgan fingerprint density at radius 1 is 0.939 bits per heavy atom. The number of benzene rings is 1. The van der Waals surface area contributed by atoms with Crippen molar-refractivity contribution in [2.24, 2.45) is 0 Å². The summed E-state index contributed by atoms with van der Waals surface area (Å²) in [7, 11) is 0. The molecule has 33 heavy (non-hydrogen) atoms. The first-order valence-corrected chi connectivity index (χ1v) is 10.2. The Labute approximate surface area is 185 Å². The molecular weight excluding hydrogens is 457 g/mol. The number of ether oxygens (including phenoxy) is 1. The lowest BCUT2D eigenvalue weighted by atomic mass is 9.93. The van der Waals surface area contributed by atoms with Gasteiger partial charge in [0.15, 0.2) is 0 Å². The number of halogens is 7. The third-order valence-electron chi connectivity index (χ3n) is 5.20. The van der Waals surface area contributed by atoms with Crippen LogP contribution in [0.25, 0.3) is 0 Å². The van der Waals surface area contributed by atoms with Crippen molar-refractivity contribution >= 4 is 11.7 Å². The third-order valence-corrected chi connectivity index (χ3v) is 5.20. The molecule has 180 valence electrons. The van der Waals surface area contributed by atoms with Gasteiger partial charge in [-0.25, -0.2) is 9.18 Å². The fourth-order valence-electron chi connectivity index (χ4n) is 3.60. The molecule has 1 saturated carbocycles. The summed E-state index contributed by atoms with van der Waals surface area (Å²) in [5.74, 6) is -0.719. The number of carbonyl (C=O) groups is 1. The molecule has 1 fully saturated rings. The molecule has 0 unspecified atom stereocenters. The van der Waals surface area contributed by atoms with E-state index in [0.29, 0.717) is 43.6 Å². The largest absolute Gasteiger partial charge is 0.494 e. The summed E-state index contributed by atoms with van der Waals surface area (Å²) < 4.78 is 96.0. The maximum Gasteiger partial charge on any atom is 0.416 e. The van der Waals surface area contributed by atoms with Crippen LogP contribution in [-0.4, -0.2) is 24.4 Å². The fraction of sp³-hybridized carbons (Fsp3) is 0.409. The minimum absolute atomic E-state index is 0.226. The van der Waals surface area contributed by atoms with E-state index in [1.807, 2.05) is 0 Å². The highest BCUT2D eigenvalue weighted by molar-refractivity contribution is 5.89. The molecule has 2 amide bonds. The van der Waals surface area contributed by atoms with Crippen LogP contribution in [0.15, 0.2) is 53.8 Å². The Bertz CT molecular complexity index is 956. The minimum Gasteiger partial charge on any atom is -0.494 e. The van der Waals surface area contributed by atoms with Gasteiger partial charge in [0.1, 0.15) is 11.6 Å². The van der Waals surface area contributed by atoms with E-state index in [2.05, 4.69) is 10.6 Å². The van der Waals surface area contributed by atoms with Gasteiger partial charge in [-0.3, -0.25) is 0 Å². The van der Waals surface area contributed by atoms with Crippen LogP contribution in [0.3, 0.4) is 0 Å². The van der Waals surface area contributed by atoms with Crippen LogP contribution >= 0.6 is 0 Å². The van der Waals surface area contributed by atoms with Gasteiger partial charge < -0.3 is 15.4 Å². The standard InChI is InChI=1S/C22H21F7N2O2/c23-15-10-14(22(27,28)29)11-17(12-15)31-20(32)30-16-5-8-19(9-6-16)33-18-3-1-2-13(4-7-18)21(24,25)26/h1-2,4,7,10-12,16,19H,3,5-6,8-9H2,(H2,30,31,32). The molecular formula is C22H21F7N2O2. The molecule has 3 rings (SSSR count). The third kappa shape index (κ3) is 7.26. The lowest BCUT2D eigenvalue weighted by molar-refractivity contribution is -0.137. The molecule has 4 nitrogen and oxygen atoms in total. The van der Waals surface area contributed by atoms with E-state index in [0.717, 1.165) is 18.2 Å². The van der Waals surface area contributed by atoms with E-state index in [1.54, 1.807) is 0 Å². The summed E-state index contributed by atoms with van der Waals surface area (Å²) in [6.45, 7) is 0.